The lowest BCUT2D eigenvalue weighted by atomic mass is 10.3. The minimum Gasteiger partial charge on any atom is -0.462 e. The highest BCUT2D eigenvalue weighted by molar-refractivity contribution is 6.39. The van der Waals surface area contributed by atoms with Gasteiger partial charge in [-0.1, -0.05) is 29.3 Å². The van der Waals surface area contributed by atoms with E-state index in [1.165, 1.54) is 12.3 Å². The van der Waals surface area contributed by atoms with Crippen LogP contribution in [0.3, 0.4) is 0 Å². The number of carbonyl (C=O) groups is 2. The fourth-order valence-electron chi connectivity index (χ4n) is 2.84. The van der Waals surface area contributed by atoms with Crippen LogP contribution in [0.5, 0.6) is 0 Å². The first-order chi connectivity index (χ1) is 14.3. The molecule has 0 unspecified atom stereocenters. The summed E-state index contributed by atoms with van der Waals surface area (Å²) in [4.78, 5) is 42.8. The second-order valence-corrected chi connectivity index (χ2v) is 7.28. The predicted molar refractivity (Wildman–Crippen MR) is 113 cm³/mol. The molecule has 1 amide bonds. The molecule has 0 bridgehead atoms. The molecule has 30 heavy (non-hydrogen) atoms. The van der Waals surface area contributed by atoms with Crippen molar-refractivity contribution in [3.63, 3.8) is 0 Å². The zero-order valence-electron chi connectivity index (χ0n) is 16.2. The minimum absolute atomic E-state index is 0.000469. The van der Waals surface area contributed by atoms with E-state index in [0.717, 1.165) is 4.52 Å². The number of aromatic nitrogens is 3. The van der Waals surface area contributed by atoms with Crippen LogP contribution in [0.15, 0.2) is 35.3 Å². The van der Waals surface area contributed by atoms with Crippen molar-refractivity contribution in [1.82, 2.24) is 19.5 Å². The Bertz CT molecular complexity index is 1140. The number of hydrogen-bond donors (Lipinski definition) is 2. The zero-order valence-corrected chi connectivity index (χ0v) is 17.8. The third-order valence-corrected chi connectivity index (χ3v) is 4.75. The summed E-state index contributed by atoms with van der Waals surface area (Å²) in [6.07, 6.45) is 1.37. The Hall–Kier alpha value is -2.88. The summed E-state index contributed by atoms with van der Waals surface area (Å²) in [5, 5.41) is 6.02. The molecule has 0 aliphatic carbocycles. The molecule has 0 atom stereocenters. The van der Waals surface area contributed by atoms with Crippen molar-refractivity contribution in [2.75, 3.05) is 25.5 Å². The van der Waals surface area contributed by atoms with Crippen molar-refractivity contribution >= 4 is 46.4 Å². The van der Waals surface area contributed by atoms with Crippen molar-refractivity contribution < 1.29 is 14.3 Å². The molecule has 11 heteroatoms. The van der Waals surface area contributed by atoms with Gasteiger partial charge < -0.3 is 10.1 Å². The third-order valence-electron chi connectivity index (χ3n) is 4.12. The molecule has 0 radical (unpaired) electrons. The topological polar surface area (TPSA) is 109 Å². The number of esters is 1. The Kier molecular flexibility index (Phi) is 6.76. The van der Waals surface area contributed by atoms with Crippen LogP contribution in [0.4, 0.5) is 5.69 Å². The van der Waals surface area contributed by atoms with E-state index in [0.29, 0.717) is 21.4 Å². The molecule has 3 aromatic rings. The van der Waals surface area contributed by atoms with Crippen molar-refractivity contribution in [3.8, 4) is 0 Å². The van der Waals surface area contributed by atoms with E-state index >= 15 is 0 Å². The number of likely N-dealkylation sites (N-methyl/N-ethyl adjacent to an activating group) is 1. The maximum absolute atomic E-state index is 12.3. The van der Waals surface area contributed by atoms with Crippen LogP contribution in [0.2, 0.25) is 10.0 Å². The number of anilines is 1. The highest BCUT2D eigenvalue weighted by atomic mass is 35.5. The van der Waals surface area contributed by atoms with Gasteiger partial charge in [-0.2, -0.15) is 0 Å². The number of halogens is 2. The van der Waals surface area contributed by atoms with E-state index in [4.69, 9.17) is 27.9 Å². The molecule has 3 rings (SSSR count). The van der Waals surface area contributed by atoms with E-state index in [-0.39, 0.29) is 42.4 Å². The number of hydrogen-bond acceptors (Lipinski definition) is 6. The molecule has 0 spiro atoms. The average molecular weight is 452 g/mol. The summed E-state index contributed by atoms with van der Waals surface area (Å²) in [5.41, 5.74) is 0.673. The predicted octanol–water partition coefficient (Wildman–Crippen LogP) is 2.58. The largest absolute Gasteiger partial charge is 0.462 e. The standard InChI is InChI=1S/C19H19Cl2N5O4/c1-3-30-19(29)12-8-22-26-16(28)7-11(23-18(12)26)9-25(2)10-15(27)24-17-13(20)5-4-6-14(17)21/h4-8,22H,3,9-10H2,1-2H3,(H,24,27). The van der Waals surface area contributed by atoms with Crippen molar-refractivity contribution in [2.24, 2.45) is 0 Å². The van der Waals surface area contributed by atoms with Crippen molar-refractivity contribution in [1.29, 1.82) is 0 Å². The number of H-pyrrole nitrogens is 1. The van der Waals surface area contributed by atoms with E-state index in [9.17, 15) is 14.4 Å². The summed E-state index contributed by atoms with van der Waals surface area (Å²) in [6, 6.07) is 6.25. The summed E-state index contributed by atoms with van der Waals surface area (Å²) < 4.78 is 6.14. The van der Waals surface area contributed by atoms with Crippen LogP contribution >= 0.6 is 23.2 Å². The molecule has 0 aliphatic heterocycles. The van der Waals surface area contributed by atoms with Crippen molar-refractivity contribution in [3.05, 3.63) is 62.1 Å². The van der Waals surface area contributed by atoms with E-state index in [1.807, 2.05) is 0 Å². The molecule has 0 fully saturated rings. The molecule has 9 nitrogen and oxygen atoms in total. The number of aromatic amines is 1. The normalized spacial score (nSPS) is 11.1. The van der Waals surface area contributed by atoms with E-state index in [1.54, 1.807) is 37.1 Å². The summed E-state index contributed by atoms with van der Waals surface area (Å²) in [5.74, 6) is -0.913. The molecule has 1 aromatic carbocycles. The first-order valence-corrected chi connectivity index (χ1v) is 9.75. The number of ether oxygens (including phenoxy) is 1. The van der Waals surface area contributed by atoms with Gasteiger partial charge in [0, 0.05) is 18.8 Å². The highest BCUT2D eigenvalue weighted by Gasteiger charge is 2.18. The molecular formula is C19H19Cl2N5O4. The SMILES string of the molecule is CCOC(=O)c1c[nH]n2c(=O)cc(CN(C)CC(=O)Nc3c(Cl)cccc3Cl)nc12. The Morgan fingerprint density at radius 1 is 1.30 bits per heavy atom. The molecule has 158 valence electrons. The van der Waals surface area contributed by atoms with Crippen LogP contribution in [0.1, 0.15) is 23.0 Å². The number of benzene rings is 1. The van der Waals surface area contributed by atoms with Gasteiger partial charge in [0.25, 0.3) is 5.56 Å². The molecule has 0 saturated carbocycles. The molecule has 2 heterocycles. The number of nitrogens with zero attached hydrogens (tertiary/aromatic N) is 3. The van der Waals surface area contributed by atoms with Gasteiger partial charge in [0.1, 0.15) is 5.56 Å². The summed E-state index contributed by atoms with van der Waals surface area (Å²) >= 11 is 12.1. The Morgan fingerprint density at radius 3 is 2.67 bits per heavy atom. The molecule has 0 aliphatic rings. The second-order valence-electron chi connectivity index (χ2n) is 6.47. The van der Waals surface area contributed by atoms with Crippen LogP contribution in [-0.4, -0.2) is 51.6 Å². The fourth-order valence-corrected chi connectivity index (χ4v) is 3.33. The van der Waals surface area contributed by atoms with Crippen LogP contribution in [-0.2, 0) is 16.1 Å². The number of rotatable bonds is 7. The maximum Gasteiger partial charge on any atom is 0.343 e. The lowest BCUT2D eigenvalue weighted by Gasteiger charge is -2.16. The van der Waals surface area contributed by atoms with Crippen LogP contribution in [0.25, 0.3) is 5.65 Å². The van der Waals surface area contributed by atoms with Crippen LogP contribution in [0, 0.1) is 0 Å². The number of amides is 1. The summed E-state index contributed by atoms with van der Waals surface area (Å²) in [6.45, 7) is 2.09. The van der Waals surface area contributed by atoms with Gasteiger partial charge in [-0.05, 0) is 26.1 Å². The molecular weight excluding hydrogens is 433 g/mol. The lowest BCUT2D eigenvalue weighted by Crippen LogP contribution is -2.31. The molecule has 2 N–H and O–H groups in total. The van der Waals surface area contributed by atoms with Gasteiger partial charge in [0.15, 0.2) is 5.65 Å². The number of fused-ring (bicyclic) bond motifs is 1. The smallest absolute Gasteiger partial charge is 0.343 e. The van der Waals surface area contributed by atoms with Gasteiger partial charge in [-0.3, -0.25) is 19.6 Å². The second kappa shape index (κ2) is 9.29. The number of para-hydroxylation sites is 1. The highest BCUT2D eigenvalue weighted by Crippen LogP contribution is 2.29. The van der Waals surface area contributed by atoms with Crippen molar-refractivity contribution in [2.45, 2.75) is 13.5 Å². The van der Waals surface area contributed by atoms with Gasteiger partial charge in [0.2, 0.25) is 5.91 Å². The van der Waals surface area contributed by atoms with Gasteiger partial charge in [0.05, 0.1) is 34.6 Å². The maximum atomic E-state index is 12.3. The van der Waals surface area contributed by atoms with E-state index in [2.05, 4.69) is 15.4 Å². The van der Waals surface area contributed by atoms with Gasteiger partial charge in [-0.25, -0.2) is 14.3 Å². The fraction of sp³-hybridized carbons (Fsp3) is 0.263. The monoisotopic (exact) mass is 451 g/mol. The van der Waals surface area contributed by atoms with Gasteiger partial charge >= 0.3 is 5.97 Å². The number of nitrogens with one attached hydrogen (secondary N) is 2. The Morgan fingerprint density at radius 2 is 2.00 bits per heavy atom. The lowest BCUT2D eigenvalue weighted by molar-refractivity contribution is -0.117. The number of carbonyl (C=O) groups excluding carboxylic acids is 2. The quantitative estimate of drug-likeness (QED) is 0.534. The Balaban J connectivity index is 1.74. The third kappa shape index (κ3) is 4.81. The van der Waals surface area contributed by atoms with Gasteiger partial charge in [-0.15, -0.1) is 0 Å². The van der Waals surface area contributed by atoms with Crippen LogP contribution < -0.4 is 10.9 Å². The first kappa shape index (κ1) is 21.8. The molecule has 2 aromatic heterocycles. The summed E-state index contributed by atoms with van der Waals surface area (Å²) in [7, 11) is 1.70. The molecule has 0 saturated heterocycles. The first-order valence-electron chi connectivity index (χ1n) is 8.99. The Labute approximate surface area is 181 Å². The van der Waals surface area contributed by atoms with E-state index < -0.39 is 5.97 Å². The zero-order chi connectivity index (χ0) is 21.8. The average Bonchev–Trinajstić information content (AvgIpc) is 3.09. The minimum atomic E-state index is -0.579.